The number of nitrogens with zero attached hydrogens (tertiary/aromatic N) is 1. The first kappa shape index (κ1) is 57.5. The molecule has 0 aliphatic heterocycles. The third-order valence-corrected chi connectivity index (χ3v) is 12.1. The van der Waals surface area contributed by atoms with Crippen molar-refractivity contribution in [3.63, 3.8) is 0 Å². The first-order valence-electron chi connectivity index (χ1n) is 24.4. The van der Waals surface area contributed by atoms with Crippen molar-refractivity contribution in [1.29, 1.82) is 0 Å². The van der Waals surface area contributed by atoms with Crippen molar-refractivity contribution < 1.29 is 51.3 Å². The number of hydrogen-bond acceptors (Lipinski definition) is 10. The van der Waals surface area contributed by atoms with E-state index in [0.717, 1.165) is 83.5 Å². The molecule has 0 N–H and O–H groups in total. The smallest absolute Gasteiger partial charge is 0.306 e. The zero-order valence-corrected chi connectivity index (χ0v) is 41.2. The highest BCUT2D eigenvalue weighted by Crippen LogP contribution is 2.38. The van der Waals surface area contributed by atoms with Gasteiger partial charge in [-0.15, -0.1) is 0 Å². The Morgan fingerprint density at radius 1 is 0.645 bits per heavy atom. The van der Waals surface area contributed by atoms with Gasteiger partial charge in [-0.1, -0.05) is 128 Å². The lowest BCUT2D eigenvalue weighted by Crippen LogP contribution is -2.37. The Bertz CT molecular complexity index is 1450. The summed E-state index contributed by atoms with van der Waals surface area (Å²) in [4.78, 5) is 49.5. The maximum atomic E-state index is 12.7. The van der Waals surface area contributed by atoms with Crippen LogP contribution in [0.1, 0.15) is 197 Å². The first-order chi connectivity index (χ1) is 29.7. The quantitative estimate of drug-likeness (QED) is 0.0156. The molecule has 1 rings (SSSR count). The van der Waals surface area contributed by atoms with Crippen LogP contribution in [0.5, 0.6) is 0 Å². The molecule has 1 heterocycles. The van der Waals surface area contributed by atoms with E-state index in [-0.39, 0.29) is 31.8 Å². The standard InChI is InChI=1S/C50H88NO10P/c1-8-10-27-33-45(52)34-29-23-19-15-14-18-22-26-32-38-50(54)60-46(42-59-62(55,56)58-40-39-51(5,6)7)41-57-49(53)37-31-25-21-17-13-12-16-20-24-30-36-48-44(4)43(3)47(61-48)35-28-11-9-2/h19,23,29,34,46H,8-18,20-22,24-28,30-33,35-42H2,1-7H3/b23-19-,34-29+/t46-/m1/s1. The summed E-state index contributed by atoms with van der Waals surface area (Å²) < 4.78 is 40.2. The molecule has 12 heteroatoms. The van der Waals surface area contributed by atoms with Gasteiger partial charge in [0.15, 0.2) is 11.9 Å². The molecule has 0 aliphatic carbocycles. The zero-order valence-electron chi connectivity index (χ0n) is 40.3. The predicted octanol–water partition coefficient (Wildman–Crippen LogP) is 12.1. The van der Waals surface area contributed by atoms with Crippen molar-refractivity contribution in [3.05, 3.63) is 47.0 Å². The molecule has 0 fully saturated rings. The van der Waals surface area contributed by atoms with Crippen LogP contribution >= 0.6 is 7.82 Å². The number of quaternary nitrogens is 1. The van der Waals surface area contributed by atoms with Crippen molar-refractivity contribution in [2.24, 2.45) is 0 Å². The molecular weight excluding hydrogens is 806 g/mol. The summed E-state index contributed by atoms with van der Waals surface area (Å²) in [6.07, 6.45) is 32.8. The lowest BCUT2D eigenvalue weighted by molar-refractivity contribution is -0.870. The Labute approximate surface area is 377 Å². The number of phosphoric acid groups is 1. The largest absolute Gasteiger partial charge is 0.756 e. The van der Waals surface area contributed by atoms with Gasteiger partial charge in [0.25, 0.3) is 7.82 Å². The van der Waals surface area contributed by atoms with Crippen molar-refractivity contribution in [1.82, 2.24) is 0 Å². The Kier molecular flexibility index (Phi) is 33.1. The molecule has 0 radical (unpaired) electrons. The molecule has 0 bridgehead atoms. The molecular formula is C50H88NO10P. The third kappa shape index (κ3) is 32.2. The summed E-state index contributed by atoms with van der Waals surface area (Å²) in [6.45, 7) is 8.37. The number of carbonyl (C=O) groups excluding carboxylic acids is 3. The van der Waals surface area contributed by atoms with Crippen LogP contribution in [0, 0.1) is 13.8 Å². The highest BCUT2D eigenvalue weighted by molar-refractivity contribution is 7.45. The van der Waals surface area contributed by atoms with E-state index >= 15 is 0 Å². The summed E-state index contributed by atoms with van der Waals surface area (Å²) in [5, 5.41) is 0. The first-order valence-corrected chi connectivity index (χ1v) is 25.8. The van der Waals surface area contributed by atoms with Crippen LogP contribution in [0.25, 0.3) is 0 Å². The predicted molar refractivity (Wildman–Crippen MR) is 249 cm³/mol. The molecule has 0 amide bonds. The van der Waals surface area contributed by atoms with E-state index in [0.29, 0.717) is 30.3 Å². The molecule has 1 unspecified atom stereocenters. The van der Waals surface area contributed by atoms with E-state index < -0.39 is 32.5 Å². The monoisotopic (exact) mass is 894 g/mol. The van der Waals surface area contributed by atoms with Gasteiger partial charge in [-0.2, -0.15) is 0 Å². The third-order valence-electron chi connectivity index (χ3n) is 11.2. The normalized spacial score (nSPS) is 13.5. The number of furan rings is 1. The summed E-state index contributed by atoms with van der Waals surface area (Å²) >= 11 is 0. The van der Waals surface area contributed by atoms with E-state index in [2.05, 4.69) is 33.8 Å². The summed E-state index contributed by atoms with van der Waals surface area (Å²) in [5.41, 5.74) is 2.68. The number of hydrogen-bond donors (Lipinski definition) is 0. The number of unbranched alkanes of at least 4 members (excludes halogenated alkanes) is 18. The average Bonchev–Trinajstić information content (AvgIpc) is 3.48. The second-order valence-corrected chi connectivity index (χ2v) is 19.5. The second-order valence-electron chi connectivity index (χ2n) is 18.1. The fourth-order valence-electron chi connectivity index (χ4n) is 6.99. The summed E-state index contributed by atoms with van der Waals surface area (Å²) in [7, 11) is 1.10. The fourth-order valence-corrected chi connectivity index (χ4v) is 7.72. The van der Waals surface area contributed by atoms with E-state index in [1.807, 2.05) is 33.3 Å². The van der Waals surface area contributed by atoms with E-state index in [4.69, 9.17) is 22.9 Å². The van der Waals surface area contributed by atoms with Crippen LogP contribution in [-0.4, -0.2) is 75.8 Å². The maximum absolute atomic E-state index is 12.7. The maximum Gasteiger partial charge on any atom is 0.306 e. The van der Waals surface area contributed by atoms with Crippen LogP contribution in [0.15, 0.2) is 28.7 Å². The molecule has 62 heavy (non-hydrogen) atoms. The number of allylic oxidation sites excluding steroid dienone is 4. The molecule has 358 valence electrons. The molecule has 1 aromatic heterocycles. The number of ether oxygens (including phenoxy) is 2. The molecule has 0 aromatic carbocycles. The van der Waals surface area contributed by atoms with Crippen molar-refractivity contribution in [2.45, 2.75) is 207 Å². The summed E-state index contributed by atoms with van der Waals surface area (Å²) in [6, 6.07) is 0. The topological polar surface area (TPSA) is 141 Å². The van der Waals surface area contributed by atoms with Crippen LogP contribution < -0.4 is 4.89 Å². The lowest BCUT2D eigenvalue weighted by Gasteiger charge is -2.28. The highest BCUT2D eigenvalue weighted by atomic mass is 31.2. The molecule has 0 saturated heterocycles. The Morgan fingerprint density at radius 3 is 1.73 bits per heavy atom. The van der Waals surface area contributed by atoms with Gasteiger partial charge in [0.2, 0.25) is 0 Å². The van der Waals surface area contributed by atoms with Crippen LogP contribution in [0.4, 0.5) is 0 Å². The summed E-state index contributed by atoms with van der Waals surface area (Å²) in [5.74, 6) is 1.63. The van der Waals surface area contributed by atoms with Crippen LogP contribution in [0.3, 0.4) is 0 Å². The minimum atomic E-state index is -4.66. The van der Waals surface area contributed by atoms with Gasteiger partial charge < -0.3 is 32.3 Å². The number of phosphoric ester groups is 1. The minimum absolute atomic E-state index is 0.0517. The van der Waals surface area contributed by atoms with Crippen LogP contribution in [-0.2, 0) is 50.3 Å². The molecule has 0 saturated carbocycles. The van der Waals surface area contributed by atoms with Crippen molar-refractivity contribution >= 4 is 25.5 Å². The fraction of sp³-hybridized carbons (Fsp3) is 0.780. The van der Waals surface area contributed by atoms with Gasteiger partial charge >= 0.3 is 11.9 Å². The lowest BCUT2D eigenvalue weighted by atomic mass is 10.0. The zero-order chi connectivity index (χ0) is 45.9. The van der Waals surface area contributed by atoms with E-state index in [1.54, 1.807) is 6.08 Å². The number of carbonyl (C=O) groups is 3. The SMILES string of the molecule is CCCCCC(=O)/C=C/C=C\CCCCCCCC(=O)O[C@H](COC(=O)CCCCCCCCCCCCc1oc(CCCCC)c(C)c1C)COP(=O)([O-])OCC[N+](C)(C)C. The van der Waals surface area contributed by atoms with Crippen molar-refractivity contribution in [2.75, 3.05) is 47.5 Å². The molecule has 1 aromatic rings. The number of ketones is 1. The number of rotatable bonds is 41. The van der Waals surface area contributed by atoms with Gasteiger partial charge in [0.05, 0.1) is 27.7 Å². The van der Waals surface area contributed by atoms with Crippen LogP contribution in [0.2, 0.25) is 0 Å². The number of aryl methyl sites for hydroxylation is 2. The van der Waals surface area contributed by atoms with Gasteiger partial charge in [0.1, 0.15) is 31.3 Å². The van der Waals surface area contributed by atoms with Crippen molar-refractivity contribution in [3.8, 4) is 0 Å². The van der Waals surface area contributed by atoms with Gasteiger partial charge in [0, 0.05) is 32.1 Å². The van der Waals surface area contributed by atoms with E-state index in [1.165, 1.54) is 80.4 Å². The van der Waals surface area contributed by atoms with E-state index in [9.17, 15) is 23.8 Å². The minimum Gasteiger partial charge on any atom is -0.756 e. The molecule has 2 atom stereocenters. The average molecular weight is 894 g/mol. The number of esters is 2. The highest BCUT2D eigenvalue weighted by Gasteiger charge is 2.22. The van der Waals surface area contributed by atoms with Gasteiger partial charge in [-0.3, -0.25) is 18.9 Å². The van der Waals surface area contributed by atoms with Gasteiger partial charge in [-0.25, -0.2) is 0 Å². The molecule has 0 aliphatic rings. The molecule has 0 spiro atoms. The second kappa shape index (κ2) is 35.7. The number of likely N-dealkylation sites (N-methyl/N-ethyl adjacent to an activating group) is 1. The van der Waals surface area contributed by atoms with Gasteiger partial charge in [-0.05, 0) is 76.0 Å². The Balaban J connectivity index is 2.32. The Hall–Kier alpha value is -2.56. The Morgan fingerprint density at radius 2 is 1.15 bits per heavy atom. The molecule has 11 nitrogen and oxygen atoms in total.